The van der Waals surface area contributed by atoms with E-state index in [4.69, 9.17) is 4.98 Å². The minimum atomic E-state index is 0.295. The second kappa shape index (κ2) is 8.34. The number of pyridine rings is 1. The number of aliphatic hydroxyl groups is 1. The number of aliphatic hydroxyl groups excluding tert-OH is 1. The van der Waals surface area contributed by atoms with E-state index in [1.54, 1.807) is 0 Å². The van der Waals surface area contributed by atoms with Crippen LogP contribution in [0.5, 0.6) is 0 Å². The van der Waals surface area contributed by atoms with Gasteiger partial charge in [-0.15, -0.1) is 0 Å². The van der Waals surface area contributed by atoms with E-state index in [2.05, 4.69) is 39.4 Å². The van der Waals surface area contributed by atoms with E-state index in [-0.39, 0.29) is 0 Å². The van der Waals surface area contributed by atoms with Crippen molar-refractivity contribution in [2.24, 2.45) is 18.9 Å². The van der Waals surface area contributed by atoms with E-state index < -0.39 is 0 Å². The summed E-state index contributed by atoms with van der Waals surface area (Å²) >= 11 is 0. The average Bonchev–Trinajstić information content (AvgIpc) is 3.51. The Labute approximate surface area is 178 Å². The molecule has 2 atom stereocenters. The molecule has 3 aromatic rings. The molecule has 0 aliphatic heterocycles. The molecule has 0 aromatic carbocycles. The monoisotopic (exact) mass is 406 g/mol. The molecular weight excluding hydrogens is 374 g/mol. The first-order chi connectivity index (χ1) is 14.7. The van der Waals surface area contributed by atoms with E-state index in [1.165, 1.54) is 43.2 Å². The Kier molecular flexibility index (Phi) is 5.42. The first-order valence-electron chi connectivity index (χ1n) is 11.4. The summed E-state index contributed by atoms with van der Waals surface area (Å²) in [4.78, 5) is 5.06. The van der Waals surface area contributed by atoms with Crippen molar-refractivity contribution in [2.75, 3.05) is 11.9 Å². The van der Waals surface area contributed by atoms with Gasteiger partial charge in [-0.1, -0.05) is 12.8 Å². The summed E-state index contributed by atoms with van der Waals surface area (Å²) in [5, 5.41) is 18.1. The molecule has 0 unspecified atom stereocenters. The van der Waals surface area contributed by atoms with Gasteiger partial charge in [0.05, 0.1) is 6.20 Å². The lowest BCUT2D eigenvalue weighted by Crippen LogP contribution is -2.27. The molecule has 3 aromatic heterocycles. The van der Waals surface area contributed by atoms with Crippen LogP contribution in [0.25, 0.3) is 5.65 Å². The van der Waals surface area contributed by atoms with E-state index in [0.29, 0.717) is 24.4 Å². The summed E-state index contributed by atoms with van der Waals surface area (Å²) in [7, 11) is 2.05. The smallest absolute Gasteiger partial charge is 0.173 e. The fraction of sp³-hybridized carbons (Fsp3) is 0.542. The largest absolute Gasteiger partial charge is 0.396 e. The van der Waals surface area contributed by atoms with Crippen LogP contribution in [0, 0.1) is 11.8 Å². The Morgan fingerprint density at radius 1 is 1.20 bits per heavy atom. The van der Waals surface area contributed by atoms with Crippen LogP contribution in [0.4, 0.5) is 5.82 Å². The van der Waals surface area contributed by atoms with Gasteiger partial charge in [-0.2, -0.15) is 9.61 Å². The zero-order valence-corrected chi connectivity index (χ0v) is 17.8. The molecule has 0 radical (unpaired) electrons. The van der Waals surface area contributed by atoms with Gasteiger partial charge in [-0.25, -0.2) is 9.55 Å². The van der Waals surface area contributed by atoms with Gasteiger partial charge in [0.25, 0.3) is 0 Å². The summed E-state index contributed by atoms with van der Waals surface area (Å²) in [6.45, 7) is 1.04. The SMILES string of the molecule is C[n+]1cccc(CNc2cc(C[C@H]3CCCC[C@H]3CO)nc3c(C4CC4)cnn23)c1. The van der Waals surface area contributed by atoms with Crippen LogP contribution in [0.2, 0.25) is 0 Å². The number of nitrogens with zero attached hydrogens (tertiary/aromatic N) is 4. The molecule has 6 heteroatoms. The molecule has 3 heterocycles. The molecule has 0 spiro atoms. The van der Waals surface area contributed by atoms with Gasteiger partial charge >= 0.3 is 0 Å². The normalized spacial score (nSPS) is 21.8. The third-order valence-corrected chi connectivity index (χ3v) is 6.82. The van der Waals surface area contributed by atoms with Crippen LogP contribution in [0.1, 0.15) is 61.3 Å². The molecule has 2 saturated carbocycles. The predicted octanol–water partition coefficient (Wildman–Crippen LogP) is 3.38. The van der Waals surface area contributed by atoms with Crippen LogP contribution in [-0.2, 0) is 20.0 Å². The van der Waals surface area contributed by atoms with Gasteiger partial charge in [0.1, 0.15) is 12.9 Å². The van der Waals surface area contributed by atoms with E-state index in [9.17, 15) is 5.11 Å². The summed E-state index contributed by atoms with van der Waals surface area (Å²) < 4.78 is 4.05. The fourth-order valence-corrected chi connectivity index (χ4v) is 4.95. The first kappa shape index (κ1) is 19.5. The molecule has 0 bridgehead atoms. The topological polar surface area (TPSA) is 66.3 Å². The quantitative estimate of drug-likeness (QED) is 0.591. The number of fused-ring (bicyclic) bond motifs is 1. The molecule has 2 fully saturated rings. The first-order valence-corrected chi connectivity index (χ1v) is 11.4. The van der Waals surface area contributed by atoms with Crippen molar-refractivity contribution < 1.29 is 9.67 Å². The van der Waals surface area contributed by atoms with Crippen LogP contribution in [0.15, 0.2) is 36.8 Å². The molecule has 0 amide bonds. The van der Waals surface area contributed by atoms with Crippen LogP contribution >= 0.6 is 0 Å². The number of rotatable bonds is 7. The number of hydrogen-bond acceptors (Lipinski definition) is 4. The average molecular weight is 407 g/mol. The zero-order chi connectivity index (χ0) is 20.5. The number of aromatic nitrogens is 4. The highest BCUT2D eigenvalue weighted by Crippen LogP contribution is 2.42. The third-order valence-electron chi connectivity index (χ3n) is 6.82. The van der Waals surface area contributed by atoms with Gasteiger partial charge < -0.3 is 10.4 Å². The van der Waals surface area contributed by atoms with Crippen LogP contribution in [0.3, 0.4) is 0 Å². The second-order valence-electron chi connectivity index (χ2n) is 9.16. The van der Waals surface area contributed by atoms with Gasteiger partial charge in [-0.3, -0.25) is 0 Å². The van der Waals surface area contributed by atoms with Crippen molar-refractivity contribution >= 4 is 11.5 Å². The molecule has 30 heavy (non-hydrogen) atoms. The summed E-state index contributed by atoms with van der Waals surface area (Å²) in [6.07, 6.45) is 14.4. The predicted molar refractivity (Wildman–Crippen MR) is 116 cm³/mol. The van der Waals surface area contributed by atoms with Gasteiger partial charge in [-0.05, 0) is 55.9 Å². The number of anilines is 1. The maximum Gasteiger partial charge on any atom is 0.173 e. The van der Waals surface area contributed by atoms with Crippen molar-refractivity contribution in [3.63, 3.8) is 0 Å². The van der Waals surface area contributed by atoms with Crippen LogP contribution < -0.4 is 9.88 Å². The fourth-order valence-electron chi connectivity index (χ4n) is 4.95. The summed E-state index contributed by atoms with van der Waals surface area (Å²) in [6, 6.07) is 6.38. The van der Waals surface area contributed by atoms with E-state index in [1.807, 2.05) is 24.0 Å². The van der Waals surface area contributed by atoms with Crippen molar-refractivity contribution in [1.29, 1.82) is 0 Å². The van der Waals surface area contributed by atoms with Crippen molar-refractivity contribution in [2.45, 2.75) is 57.4 Å². The molecule has 2 aliphatic carbocycles. The minimum Gasteiger partial charge on any atom is -0.396 e. The minimum absolute atomic E-state index is 0.295. The Morgan fingerprint density at radius 2 is 2.03 bits per heavy atom. The van der Waals surface area contributed by atoms with Gasteiger partial charge in [0, 0.05) is 42.1 Å². The lowest BCUT2D eigenvalue weighted by Gasteiger charge is -2.30. The Bertz CT molecular complexity index is 1030. The molecule has 2 aliphatic rings. The molecule has 5 rings (SSSR count). The van der Waals surface area contributed by atoms with Crippen molar-refractivity contribution in [3.05, 3.63) is 53.6 Å². The molecule has 0 saturated heterocycles. The van der Waals surface area contributed by atoms with Crippen LogP contribution in [-0.4, -0.2) is 26.3 Å². The summed E-state index contributed by atoms with van der Waals surface area (Å²) in [5.41, 5.74) is 4.64. The Morgan fingerprint density at radius 3 is 2.80 bits per heavy atom. The molecular formula is C24H32N5O+. The molecule has 158 valence electrons. The van der Waals surface area contributed by atoms with Gasteiger partial charge in [0.2, 0.25) is 0 Å². The molecule has 2 N–H and O–H groups in total. The summed E-state index contributed by atoms with van der Waals surface area (Å²) in [5.74, 6) is 2.55. The van der Waals surface area contributed by atoms with Gasteiger partial charge in [0.15, 0.2) is 18.0 Å². The lowest BCUT2D eigenvalue weighted by atomic mass is 9.77. The highest BCUT2D eigenvalue weighted by Gasteiger charge is 2.29. The highest BCUT2D eigenvalue weighted by molar-refractivity contribution is 5.56. The maximum absolute atomic E-state index is 9.84. The van der Waals surface area contributed by atoms with E-state index >= 15 is 0 Å². The van der Waals surface area contributed by atoms with Crippen molar-refractivity contribution in [3.8, 4) is 0 Å². The molecule has 6 nitrogen and oxygen atoms in total. The highest BCUT2D eigenvalue weighted by atomic mass is 16.3. The standard InChI is InChI=1S/C24H32N5O/c1-28-10-4-5-17(15-28)13-25-23-12-21(11-19-6-2-3-7-20(19)16-30)27-24-22(18-8-9-18)14-26-29(23)24/h4-5,10,12,14-15,18-20,25,30H,2-3,6-9,11,13,16H2,1H3/q+1/t19-,20+/m1/s1. The maximum atomic E-state index is 9.84. The van der Waals surface area contributed by atoms with E-state index in [0.717, 1.165) is 36.5 Å². The van der Waals surface area contributed by atoms with Crippen molar-refractivity contribution in [1.82, 2.24) is 14.6 Å². The number of hydrogen-bond donors (Lipinski definition) is 2. The Balaban J connectivity index is 1.45. The second-order valence-corrected chi connectivity index (χ2v) is 9.16. The number of nitrogens with one attached hydrogen (secondary N) is 1. The Hall–Kier alpha value is -2.47. The zero-order valence-electron chi connectivity index (χ0n) is 17.8. The number of aryl methyl sites for hydroxylation is 1. The third kappa shape index (κ3) is 4.06. The lowest BCUT2D eigenvalue weighted by molar-refractivity contribution is -0.671.